The first kappa shape index (κ1) is 16.4. The highest BCUT2D eigenvalue weighted by molar-refractivity contribution is 7.08. The van der Waals surface area contributed by atoms with Gasteiger partial charge in [0, 0.05) is 12.4 Å². The van der Waals surface area contributed by atoms with Crippen LogP contribution in [-0.4, -0.2) is 32.4 Å². The monoisotopic (exact) mass is 345 g/mol. The van der Waals surface area contributed by atoms with Gasteiger partial charge in [-0.15, -0.1) is 0 Å². The molecule has 0 saturated heterocycles. The van der Waals surface area contributed by atoms with Crippen molar-refractivity contribution in [3.63, 3.8) is 0 Å². The number of rotatable bonds is 4. The van der Waals surface area contributed by atoms with Crippen LogP contribution in [-0.2, 0) is 12.6 Å². The first-order chi connectivity index (χ1) is 11.4. The van der Waals surface area contributed by atoms with Crippen molar-refractivity contribution in [1.82, 2.24) is 20.1 Å². The molecule has 3 N–H and O–H groups in total. The molecule has 0 unspecified atom stereocenters. The number of amides is 2. The molecule has 8 heteroatoms. The van der Waals surface area contributed by atoms with Gasteiger partial charge in [-0.2, -0.15) is 16.4 Å². The summed E-state index contributed by atoms with van der Waals surface area (Å²) >= 11 is 1.50. The number of aliphatic hydroxyl groups is 1. The van der Waals surface area contributed by atoms with Gasteiger partial charge in [0.25, 0.3) is 0 Å². The number of carbonyl (C=O) groups excluding carboxylic acids is 1. The van der Waals surface area contributed by atoms with Gasteiger partial charge in [-0.3, -0.25) is 4.68 Å². The van der Waals surface area contributed by atoms with E-state index in [9.17, 15) is 9.90 Å². The van der Waals surface area contributed by atoms with Gasteiger partial charge in [0.05, 0.1) is 24.1 Å². The van der Waals surface area contributed by atoms with E-state index >= 15 is 0 Å². The fourth-order valence-electron chi connectivity index (χ4n) is 2.48. The molecule has 3 heterocycles. The summed E-state index contributed by atoms with van der Waals surface area (Å²) < 4.78 is 1.70. The molecule has 0 aliphatic rings. The summed E-state index contributed by atoms with van der Waals surface area (Å²) in [5.74, 6) is 0. The summed E-state index contributed by atoms with van der Waals surface area (Å²) in [5, 5.41) is 24.8. The Kier molecular flexibility index (Phi) is 4.25. The van der Waals surface area contributed by atoms with Crippen LogP contribution < -0.4 is 10.6 Å². The first-order valence-corrected chi connectivity index (χ1v) is 8.40. The standard InChI is InChI=1S/C16H19N5O2S/c1-10-13-6-12(7-17-14(13)21(3)20-10)19-15(22)18-9-16(2,23)11-4-5-24-8-11/h4-8,23H,9H2,1-3H3,(H2,18,19,22)/t16-/m1/s1. The topological polar surface area (TPSA) is 92.1 Å². The average Bonchev–Trinajstić information content (AvgIpc) is 3.16. The highest BCUT2D eigenvalue weighted by Gasteiger charge is 2.24. The number of aromatic nitrogens is 3. The van der Waals surface area contributed by atoms with E-state index < -0.39 is 11.6 Å². The third kappa shape index (κ3) is 3.24. The van der Waals surface area contributed by atoms with Crippen molar-refractivity contribution in [2.24, 2.45) is 7.05 Å². The lowest BCUT2D eigenvalue weighted by molar-refractivity contribution is 0.0604. The van der Waals surface area contributed by atoms with E-state index in [4.69, 9.17) is 0 Å². The lowest BCUT2D eigenvalue weighted by Crippen LogP contribution is -2.40. The molecule has 0 aliphatic carbocycles. The number of urea groups is 1. The van der Waals surface area contributed by atoms with Gasteiger partial charge in [0.2, 0.25) is 0 Å². The lowest BCUT2D eigenvalue weighted by atomic mass is 9.99. The molecule has 126 valence electrons. The zero-order valence-electron chi connectivity index (χ0n) is 13.7. The molecule has 3 rings (SSSR count). The summed E-state index contributed by atoms with van der Waals surface area (Å²) in [6, 6.07) is 3.28. The average molecular weight is 345 g/mol. The van der Waals surface area contributed by atoms with E-state index in [1.807, 2.05) is 36.9 Å². The van der Waals surface area contributed by atoms with E-state index in [0.717, 1.165) is 22.3 Å². The molecule has 3 aromatic rings. The maximum atomic E-state index is 12.1. The predicted molar refractivity (Wildman–Crippen MR) is 94.2 cm³/mol. The number of hydrogen-bond donors (Lipinski definition) is 3. The minimum absolute atomic E-state index is 0.108. The number of carbonyl (C=O) groups is 1. The number of nitrogens with zero attached hydrogens (tertiary/aromatic N) is 3. The van der Waals surface area contributed by atoms with Gasteiger partial charge >= 0.3 is 6.03 Å². The van der Waals surface area contributed by atoms with Crippen LogP contribution >= 0.6 is 11.3 Å². The van der Waals surface area contributed by atoms with Crippen molar-refractivity contribution < 1.29 is 9.90 Å². The quantitative estimate of drug-likeness (QED) is 0.677. The molecule has 7 nitrogen and oxygen atoms in total. The smallest absolute Gasteiger partial charge is 0.319 e. The Morgan fingerprint density at radius 1 is 1.50 bits per heavy atom. The van der Waals surface area contributed by atoms with Crippen molar-refractivity contribution in [3.05, 3.63) is 40.3 Å². The molecule has 2 amide bonds. The van der Waals surface area contributed by atoms with Crippen molar-refractivity contribution in [3.8, 4) is 0 Å². The molecular formula is C16H19N5O2S. The van der Waals surface area contributed by atoms with Crippen LogP contribution in [0.1, 0.15) is 18.2 Å². The summed E-state index contributed by atoms with van der Waals surface area (Å²) in [4.78, 5) is 16.4. The van der Waals surface area contributed by atoms with Crippen LogP contribution in [0, 0.1) is 6.92 Å². The highest BCUT2D eigenvalue weighted by atomic mass is 32.1. The van der Waals surface area contributed by atoms with E-state index in [-0.39, 0.29) is 6.54 Å². The SMILES string of the molecule is Cc1nn(C)c2ncc(NC(=O)NC[C@@](C)(O)c3ccsc3)cc12. The Bertz CT molecular complexity index is 870. The van der Waals surface area contributed by atoms with Gasteiger partial charge < -0.3 is 15.7 Å². The zero-order valence-corrected chi connectivity index (χ0v) is 14.5. The summed E-state index contributed by atoms with van der Waals surface area (Å²) in [5.41, 5.74) is 1.86. The molecular weight excluding hydrogens is 326 g/mol. The Labute approximate surface area is 143 Å². The number of aryl methyl sites for hydroxylation is 2. The molecule has 0 spiro atoms. The molecule has 0 bridgehead atoms. The fourth-order valence-corrected chi connectivity index (χ4v) is 3.26. The number of fused-ring (bicyclic) bond motifs is 1. The minimum Gasteiger partial charge on any atom is -0.384 e. The second-order valence-corrected chi connectivity index (χ2v) is 6.68. The Hall–Kier alpha value is -2.45. The van der Waals surface area contributed by atoms with Gasteiger partial charge in [0.15, 0.2) is 5.65 Å². The predicted octanol–water partition coefficient (Wildman–Crippen LogP) is 2.37. The molecule has 0 radical (unpaired) electrons. The van der Waals surface area contributed by atoms with Gasteiger partial charge in [-0.1, -0.05) is 0 Å². The second-order valence-electron chi connectivity index (χ2n) is 5.90. The van der Waals surface area contributed by atoms with Crippen molar-refractivity contribution in [1.29, 1.82) is 0 Å². The van der Waals surface area contributed by atoms with Crippen LogP contribution in [0.15, 0.2) is 29.1 Å². The molecule has 0 saturated carbocycles. The van der Waals surface area contributed by atoms with Crippen molar-refractivity contribution >= 4 is 34.1 Å². The van der Waals surface area contributed by atoms with Crippen LogP contribution in [0.3, 0.4) is 0 Å². The van der Waals surface area contributed by atoms with E-state index in [2.05, 4.69) is 20.7 Å². The molecule has 0 aromatic carbocycles. The largest absolute Gasteiger partial charge is 0.384 e. The fraction of sp³-hybridized carbons (Fsp3) is 0.312. The molecule has 0 fully saturated rings. The Morgan fingerprint density at radius 2 is 2.29 bits per heavy atom. The molecule has 0 aliphatic heterocycles. The maximum Gasteiger partial charge on any atom is 0.319 e. The molecule has 3 aromatic heterocycles. The first-order valence-electron chi connectivity index (χ1n) is 7.46. The van der Waals surface area contributed by atoms with Crippen LogP contribution in [0.25, 0.3) is 11.0 Å². The Balaban J connectivity index is 1.66. The van der Waals surface area contributed by atoms with Gasteiger partial charge in [-0.05, 0) is 42.3 Å². The van der Waals surface area contributed by atoms with Crippen LogP contribution in [0.5, 0.6) is 0 Å². The van der Waals surface area contributed by atoms with E-state index in [1.165, 1.54) is 11.3 Å². The summed E-state index contributed by atoms with van der Waals surface area (Å²) in [6.45, 7) is 3.67. The van der Waals surface area contributed by atoms with Crippen molar-refractivity contribution in [2.75, 3.05) is 11.9 Å². The van der Waals surface area contributed by atoms with Crippen LogP contribution in [0.2, 0.25) is 0 Å². The molecule has 1 atom stereocenters. The lowest BCUT2D eigenvalue weighted by Gasteiger charge is -2.22. The van der Waals surface area contributed by atoms with Crippen molar-refractivity contribution in [2.45, 2.75) is 19.4 Å². The van der Waals surface area contributed by atoms with E-state index in [1.54, 1.807) is 17.8 Å². The molecule has 24 heavy (non-hydrogen) atoms. The Morgan fingerprint density at radius 3 is 3.00 bits per heavy atom. The van der Waals surface area contributed by atoms with Gasteiger partial charge in [0.1, 0.15) is 5.60 Å². The second kappa shape index (κ2) is 6.21. The number of hydrogen-bond acceptors (Lipinski definition) is 5. The number of thiophene rings is 1. The number of pyridine rings is 1. The number of anilines is 1. The zero-order chi connectivity index (χ0) is 17.3. The highest BCUT2D eigenvalue weighted by Crippen LogP contribution is 2.22. The third-order valence-electron chi connectivity index (χ3n) is 3.86. The maximum absolute atomic E-state index is 12.1. The van der Waals surface area contributed by atoms with Crippen LogP contribution in [0.4, 0.5) is 10.5 Å². The summed E-state index contributed by atoms with van der Waals surface area (Å²) in [6.07, 6.45) is 1.58. The van der Waals surface area contributed by atoms with E-state index in [0.29, 0.717) is 5.69 Å². The minimum atomic E-state index is -1.11. The van der Waals surface area contributed by atoms with Gasteiger partial charge in [-0.25, -0.2) is 9.78 Å². The number of nitrogens with one attached hydrogen (secondary N) is 2. The normalized spacial score (nSPS) is 13.7. The summed E-state index contributed by atoms with van der Waals surface area (Å²) in [7, 11) is 1.83. The third-order valence-corrected chi connectivity index (χ3v) is 4.54.